The molecule has 14 heteroatoms. The summed E-state index contributed by atoms with van der Waals surface area (Å²) in [5.41, 5.74) is 21.3. The highest BCUT2D eigenvalue weighted by molar-refractivity contribution is 5.95. The van der Waals surface area contributed by atoms with Crippen molar-refractivity contribution in [1.29, 1.82) is 0 Å². The van der Waals surface area contributed by atoms with E-state index in [0.717, 1.165) is 0 Å². The Balaban J connectivity index is 5.13. The molecule has 0 aliphatic carbocycles. The van der Waals surface area contributed by atoms with Gasteiger partial charge in [-0.25, -0.2) is 4.79 Å². The summed E-state index contributed by atoms with van der Waals surface area (Å²) in [6.07, 6.45) is -0.333. The van der Waals surface area contributed by atoms with Gasteiger partial charge in [0, 0.05) is 6.54 Å². The number of carboxylic acid groups (broad SMARTS) is 1. The van der Waals surface area contributed by atoms with Gasteiger partial charge in [0.1, 0.15) is 18.1 Å². The lowest BCUT2D eigenvalue weighted by Gasteiger charge is -2.23. The van der Waals surface area contributed by atoms with E-state index < -0.39 is 60.2 Å². The van der Waals surface area contributed by atoms with Gasteiger partial charge in [-0.1, -0.05) is 13.8 Å². The second-order valence-corrected chi connectivity index (χ2v) is 7.58. The molecule has 0 radical (unpaired) electrons. The van der Waals surface area contributed by atoms with Gasteiger partial charge in [-0.05, 0) is 25.7 Å². The Morgan fingerprint density at radius 1 is 0.875 bits per heavy atom. The third kappa shape index (κ3) is 11.1. The van der Waals surface area contributed by atoms with E-state index >= 15 is 0 Å². The second-order valence-electron chi connectivity index (χ2n) is 7.58. The van der Waals surface area contributed by atoms with Crippen LogP contribution < -0.4 is 38.9 Å². The van der Waals surface area contributed by atoms with Gasteiger partial charge in [-0.2, -0.15) is 0 Å². The zero-order chi connectivity index (χ0) is 25.0. The lowest BCUT2D eigenvalue weighted by molar-refractivity contribution is -0.142. The Morgan fingerprint density at radius 3 is 1.91 bits per heavy atom. The van der Waals surface area contributed by atoms with E-state index in [4.69, 9.17) is 22.9 Å². The number of hydrogen-bond donors (Lipinski definition) is 8. The van der Waals surface area contributed by atoms with Crippen LogP contribution in [0.3, 0.4) is 0 Å². The molecular formula is C18H34N8O6. The molecule has 4 atom stereocenters. The van der Waals surface area contributed by atoms with Crippen molar-refractivity contribution in [3.8, 4) is 0 Å². The highest BCUT2D eigenvalue weighted by Gasteiger charge is 2.30. The fourth-order valence-corrected chi connectivity index (χ4v) is 2.42. The van der Waals surface area contributed by atoms with E-state index in [2.05, 4.69) is 20.9 Å². The molecule has 32 heavy (non-hydrogen) atoms. The molecule has 0 aromatic heterocycles. The maximum absolute atomic E-state index is 12.5. The van der Waals surface area contributed by atoms with Gasteiger partial charge in [-0.15, -0.1) is 0 Å². The Kier molecular flexibility index (Phi) is 12.3. The normalized spacial score (nSPS) is 14.4. The summed E-state index contributed by atoms with van der Waals surface area (Å²) in [6, 6.07) is -4.68. The number of aliphatic imine (C=N–C) groups is 1. The molecule has 0 spiro atoms. The van der Waals surface area contributed by atoms with E-state index in [1.165, 1.54) is 6.92 Å². The smallest absolute Gasteiger partial charge is 0.326 e. The van der Waals surface area contributed by atoms with E-state index in [1.54, 1.807) is 13.8 Å². The fraction of sp³-hybridized carbons (Fsp3) is 0.667. The van der Waals surface area contributed by atoms with Crippen LogP contribution in [0.2, 0.25) is 0 Å². The van der Waals surface area contributed by atoms with Gasteiger partial charge in [-0.3, -0.25) is 24.2 Å². The molecule has 182 valence electrons. The lowest BCUT2D eigenvalue weighted by Crippen LogP contribution is -2.57. The van der Waals surface area contributed by atoms with Crippen LogP contribution in [-0.4, -0.2) is 71.4 Å². The number of primary amides is 1. The van der Waals surface area contributed by atoms with E-state index in [0.29, 0.717) is 0 Å². The van der Waals surface area contributed by atoms with Crippen LogP contribution in [0.15, 0.2) is 4.99 Å². The van der Waals surface area contributed by atoms with Crippen molar-refractivity contribution in [2.24, 2.45) is 33.8 Å². The monoisotopic (exact) mass is 458 g/mol. The number of carbonyl (C=O) groups is 5. The van der Waals surface area contributed by atoms with E-state index in [1.807, 2.05) is 0 Å². The Hall–Kier alpha value is -3.42. The number of carboxylic acids is 1. The van der Waals surface area contributed by atoms with Crippen LogP contribution >= 0.6 is 0 Å². The highest BCUT2D eigenvalue weighted by atomic mass is 16.4. The quantitative estimate of drug-likeness (QED) is 0.0726. The largest absolute Gasteiger partial charge is 0.480 e. The van der Waals surface area contributed by atoms with Gasteiger partial charge in [0.15, 0.2) is 5.96 Å². The summed E-state index contributed by atoms with van der Waals surface area (Å²) in [7, 11) is 0. The van der Waals surface area contributed by atoms with E-state index in [9.17, 15) is 29.1 Å². The summed E-state index contributed by atoms with van der Waals surface area (Å²) in [4.78, 5) is 63.5. The molecule has 0 saturated heterocycles. The predicted octanol–water partition coefficient (Wildman–Crippen LogP) is -3.54. The summed E-state index contributed by atoms with van der Waals surface area (Å²) in [5, 5.41) is 16.3. The number of nitrogens with two attached hydrogens (primary N) is 4. The molecule has 0 aromatic rings. The summed E-state index contributed by atoms with van der Waals surface area (Å²) < 4.78 is 0. The second kappa shape index (κ2) is 13.8. The molecule has 0 rings (SSSR count). The summed E-state index contributed by atoms with van der Waals surface area (Å²) in [5.74, 6) is -4.82. The molecule has 0 fully saturated rings. The number of amides is 4. The first-order chi connectivity index (χ1) is 14.8. The zero-order valence-corrected chi connectivity index (χ0v) is 18.5. The summed E-state index contributed by atoms with van der Waals surface area (Å²) in [6.45, 7) is 4.99. The molecule has 0 saturated carbocycles. The minimum Gasteiger partial charge on any atom is -0.480 e. The van der Waals surface area contributed by atoms with Crippen LogP contribution in [0.1, 0.15) is 40.0 Å². The Bertz CT molecular complexity index is 722. The Morgan fingerprint density at radius 2 is 1.44 bits per heavy atom. The maximum atomic E-state index is 12.5. The molecule has 0 aliphatic heterocycles. The van der Waals surface area contributed by atoms with Crippen molar-refractivity contribution in [2.45, 2.75) is 64.2 Å². The lowest BCUT2D eigenvalue weighted by atomic mass is 10.0. The molecule has 0 bridgehead atoms. The minimum absolute atomic E-state index is 0.00532. The van der Waals surface area contributed by atoms with E-state index in [-0.39, 0.29) is 31.3 Å². The topological polar surface area (TPSA) is 258 Å². The predicted molar refractivity (Wildman–Crippen MR) is 116 cm³/mol. The highest BCUT2D eigenvalue weighted by Crippen LogP contribution is 2.03. The maximum Gasteiger partial charge on any atom is 0.326 e. The number of carbonyl (C=O) groups excluding carboxylic acids is 4. The van der Waals surface area contributed by atoms with Crippen LogP contribution in [0, 0.1) is 5.92 Å². The van der Waals surface area contributed by atoms with Crippen molar-refractivity contribution >= 4 is 35.6 Å². The first kappa shape index (κ1) is 28.6. The van der Waals surface area contributed by atoms with Gasteiger partial charge in [0.25, 0.3) is 0 Å². The number of nitrogens with zero attached hydrogens (tertiary/aromatic N) is 1. The third-order valence-electron chi connectivity index (χ3n) is 4.37. The van der Waals surface area contributed by atoms with Gasteiger partial charge in [0.05, 0.1) is 12.5 Å². The standard InChI is InChI=1S/C18H34N8O6/c1-8(2)13(20)16(30)24-9(3)14(28)26-11(7-12(19)27)15(29)25-10(17(31)32)5-4-6-23-18(21)22/h8-11,13H,4-7,20H2,1-3H3,(H2,19,27)(H,24,30)(H,25,29)(H,26,28)(H,31,32)(H4,21,22,23). The minimum atomic E-state index is -1.45. The van der Waals surface area contributed by atoms with Crippen LogP contribution in [-0.2, 0) is 24.0 Å². The number of guanidine groups is 1. The third-order valence-corrected chi connectivity index (χ3v) is 4.37. The molecule has 0 aliphatic rings. The van der Waals surface area contributed by atoms with Gasteiger partial charge >= 0.3 is 5.97 Å². The zero-order valence-electron chi connectivity index (χ0n) is 18.5. The molecular weight excluding hydrogens is 424 g/mol. The van der Waals surface area contributed by atoms with Crippen LogP contribution in [0.4, 0.5) is 0 Å². The first-order valence-electron chi connectivity index (χ1n) is 9.99. The van der Waals surface area contributed by atoms with Crippen molar-refractivity contribution in [3.05, 3.63) is 0 Å². The number of nitrogens with one attached hydrogen (secondary N) is 3. The van der Waals surface area contributed by atoms with Gasteiger partial charge in [0.2, 0.25) is 23.6 Å². The molecule has 4 unspecified atom stereocenters. The average Bonchev–Trinajstić information content (AvgIpc) is 2.67. The number of aliphatic carboxylic acids is 1. The first-order valence-corrected chi connectivity index (χ1v) is 9.99. The van der Waals surface area contributed by atoms with Crippen molar-refractivity contribution < 1.29 is 29.1 Å². The average molecular weight is 459 g/mol. The SMILES string of the molecule is CC(NC(=O)C(N)C(C)C)C(=O)NC(CC(N)=O)C(=O)NC(CCCN=C(N)N)C(=O)O. The van der Waals surface area contributed by atoms with Crippen LogP contribution in [0.25, 0.3) is 0 Å². The molecule has 14 nitrogen and oxygen atoms in total. The van der Waals surface area contributed by atoms with Gasteiger partial charge < -0.3 is 44.0 Å². The van der Waals surface area contributed by atoms with Crippen molar-refractivity contribution in [2.75, 3.05) is 6.54 Å². The van der Waals surface area contributed by atoms with Crippen molar-refractivity contribution in [1.82, 2.24) is 16.0 Å². The molecule has 4 amide bonds. The van der Waals surface area contributed by atoms with Crippen molar-refractivity contribution in [3.63, 3.8) is 0 Å². The Labute approximate surface area is 185 Å². The molecule has 0 aromatic carbocycles. The fourth-order valence-electron chi connectivity index (χ4n) is 2.42. The number of rotatable bonds is 14. The van der Waals surface area contributed by atoms with Crippen LogP contribution in [0.5, 0.6) is 0 Å². The molecule has 12 N–H and O–H groups in total. The number of hydrogen-bond acceptors (Lipinski definition) is 7. The summed E-state index contributed by atoms with van der Waals surface area (Å²) >= 11 is 0. The molecule has 0 heterocycles.